The Morgan fingerprint density at radius 1 is 1.18 bits per heavy atom. The first-order valence-corrected chi connectivity index (χ1v) is 8.51. The summed E-state index contributed by atoms with van der Waals surface area (Å²) in [6, 6.07) is 16.2. The molecule has 0 saturated carbocycles. The normalized spacial score (nSPS) is 20.2. The van der Waals surface area contributed by atoms with Gasteiger partial charge in [-0.1, -0.05) is 53.7 Å². The molecule has 0 fully saturated rings. The van der Waals surface area contributed by atoms with E-state index in [4.69, 9.17) is 11.6 Å². The van der Waals surface area contributed by atoms with Gasteiger partial charge in [0.15, 0.2) is 0 Å². The largest absolute Gasteiger partial charge is 0.347 e. The Kier molecular flexibility index (Phi) is 3.28. The number of anilines is 1. The molecule has 0 aliphatic carbocycles. The fourth-order valence-electron chi connectivity index (χ4n) is 3.32. The Bertz CT molecular complexity index is 800. The maximum atomic E-state index is 12.5. The van der Waals surface area contributed by atoms with Crippen LogP contribution in [0.1, 0.15) is 17.0 Å². The van der Waals surface area contributed by atoms with Crippen LogP contribution in [-0.4, -0.2) is 17.9 Å². The smallest absolute Gasteiger partial charge is 0.218 e. The highest BCUT2D eigenvalue weighted by Gasteiger charge is 2.39. The molecule has 4 rings (SSSR count). The van der Waals surface area contributed by atoms with Gasteiger partial charge in [-0.3, -0.25) is 4.79 Å². The van der Waals surface area contributed by atoms with Crippen LogP contribution in [0.25, 0.3) is 0 Å². The second-order valence-corrected chi connectivity index (χ2v) is 6.93. The van der Waals surface area contributed by atoms with Gasteiger partial charge in [0, 0.05) is 40.7 Å². The topological polar surface area (TPSA) is 20.3 Å². The number of hydrogen-bond donors (Lipinski definition) is 0. The van der Waals surface area contributed by atoms with Crippen molar-refractivity contribution in [2.24, 2.45) is 0 Å². The quantitative estimate of drug-likeness (QED) is 0.772. The number of fused-ring (bicyclic) bond motifs is 1. The van der Waals surface area contributed by atoms with Gasteiger partial charge in [0.25, 0.3) is 0 Å². The van der Waals surface area contributed by atoms with Crippen LogP contribution in [-0.2, 0) is 4.79 Å². The van der Waals surface area contributed by atoms with Crippen molar-refractivity contribution in [3.63, 3.8) is 0 Å². The van der Waals surface area contributed by atoms with Crippen molar-refractivity contribution >= 4 is 34.2 Å². The lowest BCUT2D eigenvalue weighted by Crippen LogP contribution is -2.27. The van der Waals surface area contributed by atoms with Crippen LogP contribution in [0, 0.1) is 0 Å². The van der Waals surface area contributed by atoms with E-state index >= 15 is 0 Å². The van der Waals surface area contributed by atoms with Crippen molar-refractivity contribution in [3.05, 3.63) is 76.0 Å². The molecule has 2 aromatic carbocycles. The molecule has 0 amide bonds. The van der Waals surface area contributed by atoms with Crippen LogP contribution < -0.4 is 4.90 Å². The summed E-state index contributed by atoms with van der Waals surface area (Å²) >= 11 is 7.62. The molecule has 110 valence electrons. The van der Waals surface area contributed by atoms with E-state index in [1.807, 2.05) is 43.4 Å². The molecule has 2 aromatic rings. The fraction of sp³-hybridized carbons (Fsp3) is 0.167. The van der Waals surface area contributed by atoms with Crippen molar-refractivity contribution < 1.29 is 4.79 Å². The third-order valence-corrected chi connectivity index (χ3v) is 5.49. The Balaban J connectivity index is 2.00. The summed E-state index contributed by atoms with van der Waals surface area (Å²) in [4.78, 5) is 14.6. The second kappa shape index (κ2) is 5.18. The van der Waals surface area contributed by atoms with Crippen molar-refractivity contribution in [1.82, 2.24) is 0 Å². The summed E-state index contributed by atoms with van der Waals surface area (Å²) in [5.74, 6) is 0.722. The zero-order chi connectivity index (χ0) is 15.3. The van der Waals surface area contributed by atoms with Crippen LogP contribution in [0.15, 0.2) is 59.8 Å². The molecule has 2 aliphatic rings. The molecule has 0 saturated heterocycles. The number of benzene rings is 2. The fourth-order valence-corrected chi connectivity index (χ4v) is 4.51. The lowest BCUT2D eigenvalue weighted by Gasteiger charge is -2.34. The summed E-state index contributed by atoms with van der Waals surface area (Å²) in [5, 5.41) is 0.886. The minimum Gasteiger partial charge on any atom is -0.347 e. The van der Waals surface area contributed by atoms with E-state index in [1.165, 1.54) is 11.8 Å². The van der Waals surface area contributed by atoms with Gasteiger partial charge in [0.1, 0.15) is 0 Å². The summed E-state index contributed by atoms with van der Waals surface area (Å²) in [7, 11) is 2.03. The molecule has 0 aromatic heterocycles. The van der Waals surface area contributed by atoms with Crippen molar-refractivity contribution in [3.8, 4) is 0 Å². The molecule has 22 heavy (non-hydrogen) atoms. The first kappa shape index (κ1) is 13.9. The molecule has 2 heterocycles. The highest BCUT2D eigenvalue weighted by molar-refractivity contribution is 8.14. The first-order chi connectivity index (χ1) is 10.7. The zero-order valence-corrected chi connectivity index (χ0v) is 13.6. The van der Waals surface area contributed by atoms with Gasteiger partial charge in [-0.25, -0.2) is 0 Å². The first-order valence-electron chi connectivity index (χ1n) is 7.15. The Morgan fingerprint density at radius 2 is 1.95 bits per heavy atom. The third-order valence-electron chi connectivity index (χ3n) is 4.36. The van der Waals surface area contributed by atoms with Crippen molar-refractivity contribution in [1.29, 1.82) is 0 Å². The Morgan fingerprint density at radius 3 is 2.73 bits per heavy atom. The lowest BCUT2D eigenvalue weighted by atomic mass is 9.81. The maximum absolute atomic E-state index is 12.5. The highest BCUT2D eigenvalue weighted by Crippen LogP contribution is 2.49. The lowest BCUT2D eigenvalue weighted by molar-refractivity contribution is -0.107. The minimum absolute atomic E-state index is 0.0244. The molecule has 2 aliphatic heterocycles. The molecule has 1 unspecified atom stereocenters. The summed E-state index contributed by atoms with van der Waals surface area (Å²) < 4.78 is 0. The highest BCUT2D eigenvalue weighted by atomic mass is 35.5. The number of hydrogen-bond acceptors (Lipinski definition) is 3. The van der Waals surface area contributed by atoms with Gasteiger partial charge in [-0.2, -0.15) is 0 Å². The molecule has 4 heteroatoms. The van der Waals surface area contributed by atoms with Gasteiger partial charge in [-0.15, -0.1) is 0 Å². The van der Waals surface area contributed by atoms with Crippen LogP contribution in [0.5, 0.6) is 0 Å². The number of halogens is 1. The van der Waals surface area contributed by atoms with Crippen molar-refractivity contribution in [2.75, 3.05) is 17.7 Å². The van der Waals surface area contributed by atoms with Crippen LogP contribution in [0.3, 0.4) is 0 Å². The van der Waals surface area contributed by atoms with Crippen molar-refractivity contribution in [2.45, 2.75) is 5.92 Å². The van der Waals surface area contributed by atoms with E-state index in [-0.39, 0.29) is 11.0 Å². The summed E-state index contributed by atoms with van der Waals surface area (Å²) in [6.45, 7) is 0. The van der Waals surface area contributed by atoms with Crippen LogP contribution in [0.2, 0.25) is 5.02 Å². The van der Waals surface area contributed by atoms with Gasteiger partial charge >= 0.3 is 0 Å². The van der Waals surface area contributed by atoms with Gasteiger partial charge in [-0.05, 0) is 29.3 Å². The SMILES string of the molecule is CN1C2=C(C(=O)SC2)C(c2ccccc2)c2cc(Cl)ccc21. The predicted octanol–water partition coefficient (Wildman–Crippen LogP) is 4.45. The van der Waals surface area contributed by atoms with E-state index < -0.39 is 0 Å². The average Bonchev–Trinajstić information content (AvgIpc) is 2.91. The molecule has 0 spiro atoms. The molecule has 0 radical (unpaired) electrons. The minimum atomic E-state index is -0.0244. The Hall–Kier alpha value is -1.71. The zero-order valence-electron chi connectivity index (χ0n) is 12.0. The third kappa shape index (κ3) is 2.00. The standard InChI is InChI=1S/C18H14ClNOS/c1-20-14-8-7-12(19)9-13(14)16(11-5-3-2-4-6-11)17-15(20)10-22-18(17)21/h2-9,16H,10H2,1H3. The van der Waals surface area contributed by atoms with Gasteiger partial charge < -0.3 is 4.90 Å². The molecule has 2 nitrogen and oxygen atoms in total. The average molecular weight is 328 g/mol. The summed E-state index contributed by atoms with van der Waals surface area (Å²) in [6.07, 6.45) is 0. The summed E-state index contributed by atoms with van der Waals surface area (Å²) in [5.41, 5.74) is 5.41. The van der Waals surface area contributed by atoms with E-state index in [1.54, 1.807) is 0 Å². The molecule has 1 atom stereocenters. The predicted molar refractivity (Wildman–Crippen MR) is 92.6 cm³/mol. The number of carbonyl (C=O) groups excluding carboxylic acids is 1. The number of nitrogens with zero attached hydrogens (tertiary/aromatic N) is 1. The van der Waals surface area contributed by atoms with E-state index in [9.17, 15) is 4.79 Å². The molecule has 0 bridgehead atoms. The number of thioether (sulfide) groups is 1. The van der Waals surface area contributed by atoms with E-state index in [0.29, 0.717) is 5.02 Å². The maximum Gasteiger partial charge on any atom is 0.218 e. The van der Waals surface area contributed by atoms with E-state index in [2.05, 4.69) is 17.0 Å². The number of carbonyl (C=O) groups is 1. The number of rotatable bonds is 1. The second-order valence-electron chi connectivity index (χ2n) is 5.54. The van der Waals surface area contributed by atoms with Crippen LogP contribution >= 0.6 is 23.4 Å². The monoisotopic (exact) mass is 327 g/mol. The van der Waals surface area contributed by atoms with E-state index in [0.717, 1.165) is 33.8 Å². The molecular formula is C18H14ClNOS. The molecule has 0 N–H and O–H groups in total. The van der Waals surface area contributed by atoms with Gasteiger partial charge in [0.2, 0.25) is 5.12 Å². The van der Waals surface area contributed by atoms with Crippen LogP contribution in [0.4, 0.5) is 5.69 Å². The van der Waals surface area contributed by atoms with Gasteiger partial charge in [0.05, 0.1) is 0 Å². The Labute approximate surface area is 138 Å². The molecular weight excluding hydrogens is 314 g/mol.